The van der Waals surface area contributed by atoms with Gasteiger partial charge in [0.15, 0.2) is 0 Å². The predicted octanol–water partition coefficient (Wildman–Crippen LogP) is 0.377. The Hall–Kier alpha value is -1.19. The van der Waals surface area contributed by atoms with Gasteiger partial charge in [0.2, 0.25) is 6.29 Å². The van der Waals surface area contributed by atoms with Gasteiger partial charge in [0.25, 0.3) is 0 Å². The summed E-state index contributed by atoms with van der Waals surface area (Å²) in [6.07, 6.45) is -6.07. The Bertz CT molecular complexity index is 1300. The van der Waals surface area contributed by atoms with Crippen LogP contribution < -0.4 is 0 Å². The average molecular weight is 683 g/mol. The standard InChI is InChI=1S/C36H58O12/c1-17-9-10-36(30(45)48-29-26(43)25(42)24(41)20(15-37)47-29)12-11-33(4)18(27(36)35(17,6)46)7-8-21-31(2)14-19(39)28(44)32(3,16-38)22(31)13-23(40)34(21,33)5/h7,17,19-29,37-44,46H,8-16H2,1-6H3/t17-,19-,20-,21-,22-,23-,24-,25+,26-,27-,28+,29+,31-,32+,33-,34+,35-,36+/m1/s1. The van der Waals surface area contributed by atoms with Crippen LogP contribution in [0, 0.1) is 50.7 Å². The van der Waals surface area contributed by atoms with E-state index in [9.17, 15) is 50.8 Å². The Morgan fingerprint density at radius 3 is 2.23 bits per heavy atom. The molecule has 12 nitrogen and oxygen atoms in total. The number of hydrogen-bond acceptors (Lipinski definition) is 12. The number of esters is 1. The minimum atomic E-state index is -1.76. The van der Waals surface area contributed by atoms with Crippen molar-refractivity contribution in [2.24, 2.45) is 50.7 Å². The number of aliphatic hydroxyl groups is 9. The van der Waals surface area contributed by atoms with Crippen LogP contribution in [-0.4, -0.2) is 120 Å². The molecule has 0 radical (unpaired) electrons. The third kappa shape index (κ3) is 4.53. The van der Waals surface area contributed by atoms with Crippen LogP contribution in [0.3, 0.4) is 0 Å². The SMILES string of the molecule is C[C@@H]1CC[C@]2(C(=O)O[C@@H]3O[C@H](CO)[C@@H](O)[C@H](O)[C@H]3O)CC[C@]3(C)C(=CC[C@@H]4[C@@]5(C)C[C@@H](O)[C@H](O)[C@@](C)(CO)[C@@H]5C[C@@H](O)[C@]43C)[C@@H]2[C@]1(C)O. The third-order valence-corrected chi connectivity index (χ3v) is 15.7. The molecular formula is C36H58O12. The fourth-order valence-corrected chi connectivity index (χ4v) is 12.3. The molecule has 1 saturated heterocycles. The van der Waals surface area contributed by atoms with E-state index in [0.29, 0.717) is 44.9 Å². The molecular weight excluding hydrogens is 624 g/mol. The van der Waals surface area contributed by atoms with Gasteiger partial charge in [0, 0.05) is 16.7 Å². The summed E-state index contributed by atoms with van der Waals surface area (Å²) < 4.78 is 11.4. The Kier molecular flexibility index (Phi) is 8.89. The first-order valence-corrected chi connectivity index (χ1v) is 17.8. The highest BCUT2D eigenvalue weighted by atomic mass is 16.7. The molecule has 0 spiro atoms. The Balaban J connectivity index is 1.42. The highest BCUT2D eigenvalue weighted by molar-refractivity contribution is 5.79. The van der Waals surface area contributed by atoms with Gasteiger partial charge in [-0.3, -0.25) is 4.79 Å². The third-order valence-electron chi connectivity index (χ3n) is 15.7. The van der Waals surface area contributed by atoms with Crippen molar-refractivity contribution >= 4 is 5.97 Å². The summed E-state index contributed by atoms with van der Waals surface area (Å²) in [5, 5.41) is 98.5. The second kappa shape index (κ2) is 11.7. The van der Waals surface area contributed by atoms with Crippen molar-refractivity contribution in [3.63, 3.8) is 0 Å². The number of rotatable bonds is 4. The topological polar surface area (TPSA) is 218 Å². The summed E-state index contributed by atoms with van der Waals surface area (Å²) in [4.78, 5) is 14.5. The van der Waals surface area contributed by atoms with Crippen LogP contribution in [0.5, 0.6) is 0 Å². The van der Waals surface area contributed by atoms with Gasteiger partial charge in [-0.2, -0.15) is 0 Å². The zero-order valence-electron chi connectivity index (χ0n) is 29.1. The molecule has 1 heterocycles. The molecule has 0 unspecified atom stereocenters. The zero-order valence-corrected chi connectivity index (χ0v) is 29.1. The molecule has 5 fully saturated rings. The summed E-state index contributed by atoms with van der Waals surface area (Å²) in [5.74, 6) is -2.03. The number of carbonyl (C=O) groups excluding carboxylic acids is 1. The Morgan fingerprint density at radius 2 is 1.60 bits per heavy atom. The molecule has 0 aromatic carbocycles. The number of ether oxygens (including phenoxy) is 2. The van der Waals surface area contributed by atoms with Crippen LogP contribution in [0.4, 0.5) is 0 Å². The molecule has 1 aliphatic heterocycles. The van der Waals surface area contributed by atoms with Crippen molar-refractivity contribution in [1.29, 1.82) is 0 Å². The van der Waals surface area contributed by atoms with Crippen molar-refractivity contribution in [3.05, 3.63) is 11.6 Å². The van der Waals surface area contributed by atoms with E-state index in [4.69, 9.17) is 9.47 Å². The highest BCUT2D eigenvalue weighted by Crippen LogP contribution is 2.76. The lowest BCUT2D eigenvalue weighted by Crippen LogP contribution is -2.72. The second-order valence-electron chi connectivity index (χ2n) is 17.6. The fraction of sp³-hybridized carbons (Fsp3) is 0.917. The van der Waals surface area contributed by atoms with Crippen LogP contribution in [0.2, 0.25) is 0 Å². The van der Waals surface area contributed by atoms with E-state index in [2.05, 4.69) is 26.8 Å². The molecule has 18 atom stereocenters. The lowest BCUT2D eigenvalue weighted by molar-refractivity contribution is -0.300. The molecule has 48 heavy (non-hydrogen) atoms. The maximum atomic E-state index is 14.5. The van der Waals surface area contributed by atoms with E-state index in [0.717, 1.165) is 5.57 Å². The minimum absolute atomic E-state index is 0.153. The van der Waals surface area contributed by atoms with Gasteiger partial charge >= 0.3 is 5.97 Å². The van der Waals surface area contributed by atoms with Crippen LogP contribution in [0.1, 0.15) is 86.5 Å². The zero-order chi connectivity index (χ0) is 35.6. The monoisotopic (exact) mass is 682 g/mol. The second-order valence-corrected chi connectivity index (χ2v) is 17.6. The van der Waals surface area contributed by atoms with E-state index in [1.165, 1.54) is 0 Å². The first-order chi connectivity index (χ1) is 22.2. The number of allylic oxidation sites excluding steroid dienone is 1. The summed E-state index contributed by atoms with van der Waals surface area (Å²) in [7, 11) is 0. The minimum Gasteiger partial charge on any atom is -0.432 e. The summed E-state index contributed by atoms with van der Waals surface area (Å²) in [5.41, 5.74) is -4.74. The first-order valence-electron chi connectivity index (χ1n) is 17.8. The molecule has 4 saturated carbocycles. The quantitative estimate of drug-likeness (QED) is 0.145. The summed E-state index contributed by atoms with van der Waals surface area (Å²) in [6.45, 7) is 10.8. The van der Waals surface area contributed by atoms with Gasteiger partial charge < -0.3 is 55.4 Å². The molecule has 9 N–H and O–H groups in total. The summed E-state index contributed by atoms with van der Waals surface area (Å²) in [6, 6.07) is 0. The van der Waals surface area contributed by atoms with Crippen molar-refractivity contribution in [3.8, 4) is 0 Å². The largest absolute Gasteiger partial charge is 0.432 e. The van der Waals surface area contributed by atoms with Crippen LogP contribution in [0.15, 0.2) is 11.6 Å². The van der Waals surface area contributed by atoms with Crippen molar-refractivity contribution < 1.29 is 60.2 Å². The van der Waals surface area contributed by atoms with Crippen molar-refractivity contribution in [2.75, 3.05) is 13.2 Å². The molecule has 6 aliphatic rings. The van der Waals surface area contributed by atoms with Crippen LogP contribution in [-0.2, 0) is 14.3 Å². The van der Waals surface area contributed by atoms with E-state index >= 15 is 0 Å². The molecule has 0 aromatic rings. The molecule has 6 rings (SSSR count). The fourth-order valence-electron chi connectivity index (χ4n) is 12.3. The van der Waals surface area contributed by atoms with Gasteiger partial charge in [-0.15, -0.1) is 0 Å². The lowest BCUT2D eigenvalue weighted by Gasteiger charge is -2.73. The molecule has 0 bridgehead atoms. The smallest absolute Gasteiger partial charge is 0.315 e. The number of hydrogen-bond donors (Lipinski definition) is 9. The van der Waals surface area contributed by atoms with Crippen LogP contribution >= 0.6 is 0 Å². The maximum Gasteiger partial charge on any atom is 0.315 e. The van der Waals surface area contributed by atoms with Crippen LogP contribution in [0.25, 0.3) is 0 Å². The van der Waals surface area contributed by atoms with E-state index < -0.39 is 100 Å². The van der Waals surface area contributed by atoms with Gasteiger partial charge in [0.1, 0.15) is 24.4 Å². The number of aliphatic hydroxyl groups excluding tert-OH is 8. The van der Waals surface area contributed by atoms with E-state index in [1.54, 1.807) is 13.8 Å². The number of carbonyl (C=O) groups is 1. The van der Waals surface area contributed by atoms with Gasteiger partial charge in [-0.1, -0.05) is 46.3 Å². The van der Waals surface area contributed by atoms with Gasteiger partial charge in [0.05, 0.1) is 42.5 Å². The van der Waals surface area contributed by atoms with E-state index in [-0.39, 0.29) is 24.4 Å². The van der Waals surface area contributed by atoms with Gasteiger partial charge in [-0.25, -0.2) is 0 Å². The maximum absolute atomic E-state index is 14.5. The highest BCUT2D eigenvalue weighted by Gasteiger charge is 2.74. The first kappa shape index (κ1) is 36.6. The van der Waals surface area contributed by atoms with Gasteiger partial charge in [-0.05, 0) is 80.5 Å². The Labute approximate surface area is 282 Å². The Morgan fingerprint density at radius 1 is 0.938 bits per heavy atom. The summed E-state index contributed by atoms with van der Waals surface area (Å²) >= 11 is 0. The van der Waals surface area contributed by atoms with Crippen molar-refractivity contribution in [1.82, 2.24) is 0 Å². The van der Waals surface area contributed by atoms with E-state index in [1.807, 2.05) is 6.92 Å². The lowest BCUT2D eigenvalue weighted by atomic mass is 9.32. The molecule has 0 aromatic heterocycles. The normalized spacial score (nSPS) is 58.1. The molecule has 0 amide bonds. The predicted molar refractivity (Wildman–Crippen MR) is 170 cm³/mol. The average Bonchev–Trinajstić information content (AvgIpc) is 3.03. The molecule has 274 valence electrons. The molecule has 5 aliphatic carbocycles. The number of fused-ring (bicyclic) bond motifs is 7. The molecule has 12 heteroatoms. The van der Waals surface area contributed by atoms with Crippen molar-refractivity contribution in [2.45, 2.75) is 141 Å².